The molecule has 0 radical (unpaired) electrons. The van der Waals surface area contributed by atoms with Crippen LogP contribution in [0.5, 0.6) is 5.75 Å². The molecule has 4 rings (SSSR count). The van der Waals surface area contributed by atoms with Crippen LogP contribution in [0.3, 0.4) is 0 Å². The second kappa shape index (κ2) is 8.91. The molecule has 8 nitrogen and oxygen atoms in total. The first-order valence-corrected chi connectivity index (χ1v) is 9.88. The third-order valence-corrected chi connectivity index (χ3v) is 4.98. The number of amides is 2. The highest BCUT2D eigenvalue weighted by Gasteiger charge is 2.35. The molecule has 0 aromatic heterocycles. The second-order valence-electron chi connectivity index (χ2n) is 6.84. The van der Waals surface area contributed by atoms with Crippen molar-refractivity contribution < 1.29 is 19.2 Å². The summed E-state index contributed by atoms with van der Waals surface area (Å²) in [5, 5.41) is 13.2. The number of hydrogen-bond donors (Lipinski definition) is 1. The number of hydrazine groups is 1. The van der Waals surface area contributed by atoms with E-state index in [0.29, 0.717) is 10.7 Å². The lowest BCUT2D eigenvalue weighted by Crippen LogP contribution is -2.35. The summed E-state index contributed by atoms with van der Waals surface area (Å²) in [5.74, 6) is -1.23. The Morgan fingerprint density at radius 2 is 1.72 bits per heavy atom. The summed E-state index contributed by atoms with van der Waals surface area (Å²) < 4.78 is 5.76. The highest BCUT2D eigenvalue weighted by atomic mass is 35.5. The third-order valence-electron chi connectivity index (χ3n) is 4.72. The maximum atomic E-state index is 12.8. The van der Waals surface area contributed by atoms with Gasteiger partial charge in [0.05, 0.1) is 10.6 Å². The average molecular weight is 450 g/mol. The zero-order valence-electron chi connectivity index (χ0n) is 16.5. The molecule has 3 aromatic rings. The summed E-state index contributed by atoms with van der Waals surface area (Å²) in [7, 11) is 0. The van der Waals surface area contributed by atoms with Crippen molar-refractivity contribution in [3.8, 4) is 5.75 Å². The Morgan fingerprint density at radius 1 is 1.00 bits per heavy atom. The van der Waals surface area contributed by atoms with Crippen molar-refractivity contribution in [2.45, 2.75) is 6.61 Å². The molecular weight excluding hydrogens is 434 g/mol. The number of nitro benzene ring substituents is 1. The number of anilines is 1. The second-order valence-corrected chi connectivity index (χ2v) is 7.28. The maximum absolute atomic E-state index is 12.8. The number of nitro groups is 1. The van der Waals surface area contributed by atoms with Crippen LogP contribution in [0.15, 0.2) is 78.4 Å². The van der Waals surface area contributed by atoms with E-state index in [0.717, 1.165) is 10.6 Å². The molecule has 3 aromatic carbocycles. The van der Waals surface area contributed by atoms with Gasteiger partial charge >= 0.3 is 5.69 Å². The highest BCUT2D eigenvalue weighted by molar-refractivity contribution is 6.31. The molecule has 1 aliphatic rings. The lowest BCUT2D eigenvalue weighted by Gasteiger charge is -2.14. The molecule has 1 fully saturated rings. The van der Waals surface area contributed by atoms with E-state index in [2.05, 4.69) is 5.43 Å². The van der Waals surface area contributed by atoms with E-state index in [1.54, 1.807) is 60.7 Å². The minimum absolute atomic E-state index is 0.0362. The van der Waals surface area contributed by atoms with Gasteiger partial charge in [-0.15, -0.1) is 0 Å². The largest absolute Gasteiger partial charge is 0.482 e. The molecule has 0 spiro atoms. The Morgan fingerprint density at radius 3 is 2.41 bits per heavy atom. The van der Waals surface area contributed by atoms with Gasteiger partial charge in [-0.1, -0.05) is 54.1 Å². The molecule has 0 aliphatic carbocycles. The number of benzene rings is 3. The number of para-hydroxylation sites is 2. The number of halogens is 1. The van der Waals surface area contributed by atoms with Crippen molar-refractivity contribution in [3.05, 3.63) is 105 Å². The van der Waals surface area contributed by atoms with Gasteiger partial charge in [-0.25, -0.2) is 5.01 Å². The zero-order valence-corrected chi connectivity index (χ0v) is 17.3. The SMILES string of the molecule is O=C1NN(c2ccccc2)C(=O)/C1=C\c1cccc([N+](=O)[O-])c1OCc1ccc(Cl)cc1. The van der Waals surface area contributed by atoms with Crippen LogP contribution < -0.4 is 15.2 Å². The quantitative estimate of drug-likeness (QED) is 0.262. The molecule has 0 atom stereocenters. The van der Waals surface area contributed by atoms with Crippen LogP contribution in [0.2, 0.25) is 5.02 Å². The number of rotatable bonds is 6. The van der Waals surface area contributed by atoms with E-state index in [9.17, 15) is 19.7 Å². The van der Waals surface area contributed by atoms with Gasteiger partial charge < -0.3 is 4.74 Å². The molecule has 0 unspecified atom stereocenters. The molecule has 2 amide bonds. The first kappa shape index (κ1) is 21.1. The molecule has 32 heavy (non-hydrogen) atoms. The summed E-state index contributed by atoms with van der Waals surface area (Å²) in [4.78, 5) is 36.3. The summed E-state index contributed by atoms with van der Waals surface area (Å²) in [5.41, 5.74) is 3.54. The van der Waals surface area contributed by atoms with Gasteiger partial charge in [0.2, 0.25) is 5.75 Å². The van der Waals surface area contributed by atoms with Gasteiger partial charge in [0.1, 0.15) is 12.2 Å². The summed E-state index contributed by atoms with van der Waals surface area (Å²) in [6.07, 6.45) is 1.30. The van der Waals surface area contributed by atoms with Crippen molar-refractivity contribution in [3.63, 3.8) is 0 Å². The van der Waals surface area contributed by atoms with E-state index in [-0.39, 0.29) is 29.2 Å². The van der Waals surface area contributed by atoms with Crippen molar-refractivity contribution >= 4 is 40.9 Å². The average Bonchev–Trinajstić information content (AvgIpc) is 3.08. The number of hydrogen-bond acceptors (Lipinski definition) is 5. The van der Waals surface area contributed by atoms with Gasteiger partial charge in [-0.2, -0.15) is 0 Å². The summed E-state index contributed by atoms with van der Waals surface area (Å²) in [6, 6.07) is 19.8. The lowest BCUT2D eigenvalue weighted by molar-refractivity contribution is -0.386. The predicted molar refractivity (Wildman–Crippen MR) is 119 cm³/mol. The Bertz CT molecular complexity index is 1230. The van der Waals surface area contributed by atoms with E-state index >= 15 is 0 Å². The highest BCUT2D eigenvalue weighted by Crippen LogP contribution is 2.34. The minimum Gasteiger partial charge on any atom is -0.482 e. The fraction of sp³-hybridized carbons (Fsp3) is 0.0435. The zero-order chi connectivity index (χ0) is 22.7. The Labute approximate surface area is 187 Å². The number of ether oxygens (including phenoxy) is 1. The first-order valence-electron chi connectivity index (χ1n) is 9.51. The van der Waals surface area contributed by atoms with Gasteiger partial charge in [0, 0.05) is 16.7 Å². The van der Waals surface area contributed by atoms with Gasteiger partial charge in [0.25, 0.3) is 11.8 Å². The number of carbonyl (C=O) groups excluding carboxylic acids is 2. The molecule has 1 N–H and O–H groups in total. The van der Waals surface area contributed by atoms with Gasteiger partial charge in [-0.3, -0.25) is 25.1 Å². The Hall–Kier alpha value is -4.17. The maximum Gasteiger partial charge on any atom is 0.311 e. The van der Waals surface area contributed by atoms with Crippen LogP contribution in [-0.4, -0.2) is 16.7 Å². The van der Waals surface area contributed by atoms with Crippen LogP contribution in [0.1, 0.15) is 11.1 Å². The number of carbonyl (C=O) groups is 2. The molecule has 160 valence electrons. The van der Waals surface area contributed by atoms with E-state index in [1.807, 2.05) is 0 Å². The fourth-order valence-corrected chi connectivity index (χ4v) is 3.29. The van der Waals surface area contributed by atoms with Gasteiger partial charge in [-0.05, 0) is 35.9 Å². The first-order chi connectivity index (χ1) is 15.4. The summed E-state index contributed by atoms with van der Waals surface area (Å²) >= 11 is 5.89. The van der Waals surface area contributed by atoms with Gasteiger partial charge in [0.15, 0.2) is 0 Å². The number of nitrogens with one attached hydrogen (secondary N) is 1. The molecule has 1 aliphatic heterocycles. The smallest absolute Gasteiger partial charge is 0.311 e. The Kier molecular flexibility index (Phi) is 5.87. The molecule has 1 saturated heterocycles. The van der Waals surface area contributed by atoms with Crippen molar-refractivity contribution in [1.29, 1.82) is 0 Å². The third kappa shape index (κ3) is 4.30. The molecule has 1 heterocycles. The lowest BCUT2D eigenvalue weighted by atomic mass is 10.1. The summed E-state index contributed by atoms with van der Waals surface area (Å²) in [6.45, 7) is 0.0362. The molecule has 9 heteroatoms. The van der Waals surface area contributed by atoms with Crippen molar-refractivity contribution in [1.82, 2.24) is 5.43 Å². The standard InChI is InChI=1S/C23H16ClN3O5/c24-17-11-9-15(10-12-17)14-32-21-16(5-4-8-20(21)27(30)31)13-19-22(28)25-26(23(19)29)18-6-2-1-3-7-18/h1-13H,14H2,(H,25,28)/b19-13-. The van der Waals surface area contributed by atoms with E-state index in [1.165, 1.54) is 18.2 Å². The van der Waals surface area contributed by atoms with Crippen LogP contribution in [0.4, 0.5) is 11.4 Å². The topological polar surface area (TPSA) is 102 Å². The van der Waals surface area contributed by atoms with Crippen LogP contribution in [0, 0.1) is 10.1 Å². The fourth-order valence-electron chi connectivity index (χ4n) is 3.16. The number of nitrogens with zero attached hydrogens (tertiary/aromatic N) is 2. The molecule has 0 saturated carbocycles. The van der Waals surface area contributed by atoms with Crippen molar-refractivity contribution in [2.24, 2.45) is 0 Å². The predicted octanol–water partition coefficient (Wildman–Crippen LogP) is 4.29. The monoisotopic (exact) mass is 449 g/mol. The van der Waals surface area contributed by atoms with E-state index < -0.39 is 16.7 Å². The molecule has 0 bridgehead atoms. The normalized spacial score (nSPS) is 14.5. The minimum atomic E-state index is -0.617. The van der Waals surface area contributed by atoms with Crippen LogP contribution >= 0.6 is 11.6 Å². The molecular formula is C23H16ClN3O5. The Balaban J connectivity index is 1.68. The van der Waals surface area contributed by atoms with E-state index in [4.69, 9.17) is 16.3 Å². The van der Waals surface area contributed by atoms with Crippen molar-refractivity contribution in [2.75, 3.05) is 5.01 Å². The van der Waals surface area contributed by atoms with Crippen LogP contribution in [-0.2, 0) is 16.2 Å². The van der Waals surface area contributed by atoms with Crippen LogP contribution in [0.25, 0.3) is 6.08 Å².